The largest absolute Gasteiger partial charge is 0.480 e. The molecule has 1 aliphatic rings. The SMILES string of the molecule is CCN(CC(=O)O)C1CC(NCc2cscc2Br)C1. The third kappa shape index (κ3) is 4.02. The molecule has 0 atom stereocenters. The van der Waals surface area contributed by atoms with Gasteiger partial charge in [0.15, 0.2) is 0 Å². The normalized spacial score (nSPS) is 22.5. The first-order valence-electron chi connectivity index (χ1n) is 6.50. The van der Waals surface area contributed by atoms with Gasteiger partial charge in [0.05, 0.1) is 6.54 Å². The van der Waals surface area contributed by atoms with Crippen molar-refractivity contribution in [3.63, 3.8) is 0 Å². The first-order valence-corrected chi connectivity index (χ1v) is 8.23. The molecule has 0 bridgehead atoms. The smallest absolute Gasteiger partial charge is 0.317 e. The lowest BCUT2D eigenvalue weighted by atomic mass is 9.85. The lowest BCUT2D eigenvalue weighted by Crippen LogP contribution is -2.53. The summed E-state index contributed by atoms with van der Waals surface area (Å²) in [5, 5.41) is 16.6. The Hall–Kier alpha value is -0.430. The van der Waals surface area contributed by atoms with Gasteiger partial charge in [0.2, 0.25) is 0 Å². The van der Waals surface area contributed by atoms with E-state index < -0.39 is 5.97 Å². The highest BCUT2D eigenvalue weighted by atomic mass is 79.9. The molecule has 0 aromatic carbocycles. The van der Waals surface area contributed by atoms with Gasteiger partial charge in [-0.05, 0) is 46.3 Å². The van der Waals surface area contributed by atoms with Crippen LogP contribution in [-0.2, 0) is 11.3 Å². The standard InChI is InChI=1S/C13H19BrN2O2S/c1-2-16(6-13(17)18)11-3-10(4-11)15-5-9-7-19-8-12(9)14/h7-8,10-11,15H,2-6H2,1H3,(H,17,18). The lowest BCUT2D eigenvalue weighted by Gasteiger charge is -2.42. The van der Waals surface area contributed by atoms with E-state index in [9.17, 15) is 4.79 Å². The Morgan fingerprint density at radius 2 is 2.32 bits per heavy atom. The Balaban J connectivity index is 1.71. The summed E-state index contributed by atoms with van der Waals surface area (Å²) in [6.45, 7) is 3.86. The van der Waals surface area contributed by atoms with E-state index in [-0.39, 0.29) is 6.54 Å². The van der Waals surface area contributed by atoms with Crippen molar-refractivity contribution in [2.24, 2.45) is 0 Å². The molecule has 0 spiro atoms. The molecule has 19 heavy (non-hydrogen) atoms. The van der Waals surface area contributed by atoms with Crippen LogP contribution < -0.4 is 5.32 Å². The Kier molecular flexibility index (Phi) is 5.38. The molecule has 1 saturated carbocycles. The van der Waals surface area contributed by atoms with E-state index >= 15 is 0 Å². The van der Waals surface area contributed by atoms with E-state index in [1.165, 1.54) is 10.0 Å². The third-order valence-electron chi connectivity index (χ3n) is 3.64. The third-order valence-corrected chi connectivity index (χ3v) is 5.48. The van der Waals surface area contributed by atoms with Crippen LogP contribution in [0.5, 0.6) is 0 Å². The van der Waals surface area contributed by atoms with Gasteiger partial charge in [-0.15, -0.1) is 0 Å². The molecule has 0 saturated heterocycles. The molecule has 2 rings (SSSR count). The molecule has 1 aliphatic carbocycles. The molecule has 1 aromatic rings. The molecule has 1 fully saturated rings. The van der Waals surface area contributed by atoms with Crippen molar-refractivity contribution >= 4 is 33.2 Å². The number of likely N-dealkylation sites (N-methyl/N-ethyl adjacent to an activating group) is 1. The quantitative estimate of drug-likeness (QED) is 0.796. The van der Waals surface area contributed by atoms with Crippen LogP contribution in [0.15, 0.2) is 15.2 Å². The van der Waals surface area contributed by atoms with Gasteiger partial charge in [-0.2, -0.15) is 11.3 Å². The minimum Gasteiger partial charge on any atom is -0.480 e. The molecule has 0 unspecified atom stereocenters. The summed E-state index contributed by atoms with van der Waals surface area (Å²) in [5.41, 5.74) is 1.30. The van der Waals surface area contributed by atoms with E-state index in [0.29, 0.717) is 12.1 Å². The Labute approximate surface area is 125 Å². The van der Waals surface area contributed by atoms with Crippen molar-refractivity contribution in [3.05, 3.63) is 20.8 Å². The van der Waals surface area contributed by atoms with E-state index in [4.69, 9.17) is 5.11 Å². The predicted molar refractivity (Wildman–Crippen MR) is 80.6 cm³/mol. The van der Waals surface area contributed by atoms with Crippen molar-refractivity contribution in [2.45, 2.75) is 38.4 Å². The van der Waals surface area contributed by atoms with Gasteiger partial charge in [-0.25, -0.2) is 0 Å². The highest BCUT2D eigenvalue weighted by molar-refractivity contribution is 9.10. The number of aliphatic carboxylic acids is 1. The van der Waals surface area contributed by atoms with Crippen LogP contribution in [0, 0.1) is 0 Å². The Bertz CT molecular complexity index is 432. The van der Waals surface area contributed by atoms with E-state index in [1.54, 1.807) is 11.3 Å². The zero-order valence-electron chi connectivity index (χ0n) is 10.9. The van der Waals surface area contributed by atoms with Crippen LogP contribution in [0.3, 0.4) is 0 Å². The number of halogens is 1. The molecule has 0 aliphatic heterocycles. The maximum absolute atomic E-state index is 10.8. The van der Waals surface area contributed by atoms with E-state index in [0.717, 1.165) is 25.9 Å². The van der Waals surface area contributed by atoms with Crippen molar-refractivity contribution in [2.75, 3.05) is 13.1 Å². The fraction of sp³-hybridized carbons (Fsp3) is 0.615. The van der Waals surface area contributed by atoms with Crippen LogP contribution in [-0.4, -0.2) is 41.1 Å². The maximum Gasteiger partial charge on any atom is 0.317 e. The number of thiophene rings is 1. The summed E-state index contributed by atoms with van der Waals surface area (Å²) >= 11 is 5.23. The van der Waals surface area contributed by atoms with Crippen LogP contribution in [0.25, 0.3) is 0 Å². The van der Waals surface area contributed by atoms with Crippen molar-refractivity contribution < 1.29 is 9.90 Å². The Morgan fingerprint density at radius 1 is 1.58 bits per heavy atom. The van der Waals surface area contributed by atoms with Gasteiger partial charge >= 0.3 is 5.97 Å². The minimum absolute atomic E-state index is 0.157. The second kappa shape index (κ2) is 6.83. The van der Waals surface area contributed by atoms with Gasteiger partial charge in [-0.3, -0.25) is 9.69 Å². The number of carboxylic acid groups (broad SMARTS) is 1. The van der Waals surface area contributed by atoms with Crippen LogP contribution in [0.1, 0.15) is 25.3 Å². The topological polar surface area (TPSA) is 52.6 Å². The van der Waals surface area contributed by atoms with Crippen LogP contribution in [0.2, 0.25) is 0 Å². The summed E-state index contributed by atoms with van der Waals surface area (Å²) in [4.78, 5) is 12.8. The number of rotatable bonds is 7. The molecular weight excluding hydrogens is 328 g/mol. The van der Waals surface area contributed by atoms with E-state index in [1.807, 2.05) is 11.8 Å². The Morgan fingerprint density at radius 3 is 2.84 bits per heavy atom. The fourth-order valence-corrected chi connectivity index (χ4v) is 3.86. The minimum atomic E-state index is -0.736. The second-order valence-corrected chi connectivity index (χ2v) is 6.50. The average molecular weight is 347 g/mol. The summed E-state index contributed by atoms with van der Waals surface area (Å²) in [5.74, 6) is -0.736. The molecule has 0 radical (unpaired) electrons. The van der Waals surface area contributed by atoms with Gasteiger partial charge in [-0.1, -0.05) is 6.92 Å². The molecule has 1 aromatic heterocycles. The molecule has 0 amide bonds. The molecule has 6 heteroatoms. The van der Waals surface area contributed by atoms with Crippen molar-refractivity contribution in [1.82, 2.24) is 10.2 Å². The highest BCUT2D eigenvalue weighted by Gasteiger charge is 2.33. The number of nitrogens with zero attached hydrogens (tertiary/aromatic N) is 1. The maximum atomic E-state index is 10.8. The summed E-state index contributed by atoms with van der Waals surface area (Å²) in [6, 6.07) is 0.934. The second-order valence-electron chi connectivity index (χ2n) is 4.90. The number of hydrogen-bond donors (Lipinski definition) is 2. The number of hydrogen-bond acceptors (Lipinski definition) is 4. The van der Waals surface area contributed by atoms with Gasteiger partial charge in [0.1, 0.15) is 0 Å². The first kappa shape index (κ1) is 15.0. The molecule has 4 nitrogen and oxygen atoms in total. The first-order chi connectivity index (χ1) is 9.10. The predicted octanol–water partition coefficient (Wildman–Crippen LogP) is 2.54. The van der Waals surface area contributed by atoms with Gasteiger partial charge in [0.25, 0.3) is 0 Å². The number of nitrogens with one attached hydrogen (secondary N) is 1. The van der Waals surface area contributed by atoms with Crippen molar-refractivity contribution in [3.8, 4) is 0 Å². The van der Waals surface area contributed by atoms with Crippen LogP contribution >= 0.6 is 27.3 Å². The van der Waals surface area contributed by atoms with E-state index in [2.05, 4.69) is 32.0 Å². The number of carbonyl (C=O) groups is 1. The van der Waals surface area contributed by atoms with Crippen LogP contribution in [0.4, 0.5) is 0 Å². The summed E-state index contributed by atoms with van der Waals surface area (Å²) in [6.07, 6.45) is 2.09. The fourth-order valence-electron chi connectivity index (χ4n) is 2.41. The molecule has 106 valence electrons. The summed E-state index contributed by atoms with van der Waals surface area (Å²) < 4.78 is 1.17. The highest BCUT2D eigenvalue weighted by Crippen LogP contribution is 2.27. The van der Waals surface area contributed by atoms with Gasteiger partial charge < -0.3 is 10.4 Å². The average Bonchev–Trinajstić information content (AvgIpc) is 2.71. The molecular formula is C13H19BrN2O2S. The van der Waals surface area contributed by atoms with Gasteiger partial charge in [0, 0.05) is 28.5 Å². The molecule has 1 heterocycles. The summed E-state index contributed by atoms with van der Waals surface area (Å²) in [7, 11) is 0. The zero-order valence-corrected chi connectivity index (χ0v) is 13.3. The molecule has 2 N–H and O–H groups in total. The monoisotopic (exact) mass is 346 g/mol. The zero-order chi connectivity index (χ0) is 13.8. The number of carboxylic acids is 1. The van der Waals surface area contributed by atoms with Crippen molar-refractivity contribution in [1.29, 1.82) is 0 Å². The lowest BCUT2D eigenvalue weighted by molar-refractivity contribution is -0.139.